The number of nitrogens with one attached hydrogen (secondary N) is 3. The summed E-state index contributed by atoms with van der Waals surface area (Å²) >= 11 is 5.13. The predicted octanol–water partition coefficient (Wildman–Crippen LogP) is 5.17. The second-order valence-corrected chi connectivity index (χ2v) is 22.2. The van der Waals surface area contributed by atoms with E-state index in [1.54, 1.807) is 20.2 Å². The monoisotopic (exact) mass is 1000 g/mol. The van der Waals surface area contributed by atoms with Gasteiger partial charge in [0.05, 0.1) is 25.9 Å². The van der Waals surface area contributed by atoms with Crippen LogP contribution in [0.3, 0.4) is 0 Å². The molecule has 0 radical (unpaired) electrons. The summed E-state index contributed by atoms with van der Waals surface area (Å²) in [5.74, 6) is -0.832. The lowest BCUT2D eigenvalue weighted by atomic mass is 9.47. The summed E-state index contributed by atoms with van der Waals surface area (Å²) in [4.78, 5) is 55.4. The fourth-order valence-corrected chi connectivity index (χ4v) is 14.8. The second-order valence-electron chi connectivity index (χ2n) is 19.0. The minimum absolute atomic E-state index is 0.0273. The number of anilines is 1. The molecular formula is C50H65N7O9S3. The van der Waals surface area contributed by atoms with Crippen molar-refractivity contribution in [3.05, 3.63) is 95.3 Å². The molecule has 2 aromatic heterocycles. The molecule has 9 atom stereocenters. The van der Waals surface area contributed by atoms with Crippen LogP contribution in [0.5, 0.6) is 5.75 Å². The summed E-state index contributed by atoms with van der Waals surface area (Å²) in [5, 5.41) is 38.8. The highest BCUT2D eigenvalue weighted by molar-refractivity contribution is 8.76. The second kappa shape index (κ2) is 20.0. The van der Waals surface area contributed by atoms with Crippen molar-refractivity contribution in [3.63, 3.8) is 0 Å². The number of likely N-dealkylation sites (N-methyl/N-ethyl adjacent to an activating group) is 1. The number of pyridine rings is 1. The minimum atomic E-state index is -2.54. The zero-order valence-electron chi connectivity index (χ0n) is 40.0. The lowest BCUT2D eigenvalue weighted by molar-refractivity contribution is -0.204. The third-order valence-corrected chi connectivity index (χ3v) is 18.0. The number of esters is 1. The Hall–Kier alpha value is -4.47. The van der Waals surface area contributed by atoms with E-state index in [0.29, 0.717) is 67.2 Å². The molecule has 4 aromatic rings. The summed E-state index contributed by atoms with van der Waals surface area (Å²) in [6.45, 7) is 7.06. The van der Waals surface area contributed by atoms with Crippen molar-refractivity contribution in [2.45, 2.75) is 110 Å². The van der Waals surface area contributed by atoms with Crippen LogP contribution in [0.1, 0.15) is 75.3 Å². The first kappa shape index (κ1) is 50.9. The number of benzene rings is 2. The first-order chi connectivity index (χ1) is 33.0. The first-order valence-corrected chi connectivity index (χ1v) is 26.4. The van der Waals surface area contributed by atoms with Crippen LogP contribution >= 0.6 is 34.2 Å². The van der Waals surface area contributed by atoms with Crippen molar-refractivity contribution >= 4 is 68.8 Å². The Kier molecular flexibility index (Phi) is 14.7. The maximum absolute atomic E-state index is 15.3. The number of nitrogens with two attached hydrogens (primary N) is 1. The van der Waals surface area contributed by atoms with Crippen molar-refractivity contribution in [2.75, 3.05) is 58.2 Å². The average molecular weight is 1000 g/mol. The Balaban J connectivity index is 1.26. The van der Waals surface area contributed by atoms with Crippen molar-refractivity contribution in [2.24, 2.45) is 11.1 Å². The van der Waals surface area contributed by atoms with Crippen LogP contribution in [-0.4, -0.2) is 136 Å². The van der Waals surface area contributed by atoms with Gasteiger partial charge < -0.3 is 45.1 Å². The number of aromatic amines is 1. The van der Waals surface area contributed by atoms with E-state index in [2.05, 4.69) is 25.7 Å². The van der Waals surface area contributed by atoms with Gasteiger partial charge in [0, 0.05) is 81.6 Å². The number of carbonyl (C=O) groups excluding carboxylic acids is 3. The molecule has 16 nitrogen and oxygen atoms in total. The van der Waals surface area contributed by atoms with Gasteiger partial charge in [-0.1, -0.05) is 61.1 Å². The van der Waals surface area contributed by atoms with Gasteiger partial charge in [-0.2, -0.15) is 12.6 Å². The number of hydrazine groups is 1. The number of aliphatic hydroxyl groups is 3. The van der Waals surface area contributed by atoms with E-state index in [4.69, 9.17) is 32.6 Å². The number of carbonyl (C=O) groups is 3. The molecule has 4 aliphatic rings. The molecule has 1 spiro atoms. The fraction of sp³-hybridized carbons (Fsp3) is 0.520. The molecule has 5 heterocycles. The quantitative estimate of drug-likeness (QED) is 0.0161. The summed E-state index contributed by atoms with van der Waals surface area (Å²) in [5.41, 5.74) is 7.61. The maximum atomic E-state index is 15.3. The molecule has 2 fully saturated rings. The van der Waals surface area contributed by atoms with Gasteiger partial charge in [-0.15, -0.1) is 0 Å². The number of nitrogens with zero attached hydrogens (tertiary/aromatic N) is 3. The number of H-pyrrole nitrogens is 1. The zero-order valence-corrected chi connectivity index (χ0v) is 42.5. The molecule has 1 aliphatic carbocycles. The molecule has 372 valence electrons. The van der Waals surface area contributed by atoms with Gasteiger partial charge in [-0.3, -0.25) is 19.9 Å². The van der Waals surface area contributed by atoms with Crippen molar-refractivity contribution < 1.29 is 43.9 Å². The molecule has 19 heteroatoms. The topological polar surface area (TPSA) is 225 Å². The number of hydrogen-bond acceptors (Lipinski definition) is 16. The SMILES string of the molecule is CC[C@](C)(O)C[C@@H](S)CC(C(=O)OC)(c1cc2c(cc1OC)N(C)[C@H]1[C@@](O)(C(=O)NNC(=O)OCCSSc3ccccn3)[C@H](O)[C@]3(CC)C=CCN4CC[C@]21[C@@H]43)c1[nH]c2ccccc2c1CCN. The predicted molar refractivity (Wildman–Crippen MR) is 272 cm³/mol. The van der Waals surface area contributed by atoms with E-state index in [0.717, 1.165) is 27.1 Å². The van der Waals surface area contributed by atoms with Gasteiger partial charge in [0.15, 0.2) is 5.60 Å². The number of ether oxygens (including phenoxy) is 3. The third kappa shape index (κ3) is 8.37. The number of methoxy groups -OCH3 is 2. The summed E-state index contributed by atoms with van der Waals surface area (Å²) in [6.07, 6.45) is 5.03. The van der Waals surface area contributed by atoms with Gasteiger partial charge in [-0.25, -0.2) is 15.2 Å². The Morgan fingerprint density at radius 3 is 2.57 bits per heavy atom. The number of hydrogen-bond donors (Lipinski definition) is 8. The van der Waals surface area contributed by atoms with Crippen molar-refractivity contribution in [3.8, 4) is 5.75 Å². The molecule has 0 bridgehead atoms. The Morgan fingerprint density at radius 2 is 1.87 bits per heavy atom. The number of aliphatic hydroxyl groups excluding tert-OH is 1. The van der Waals surface area contributed by atoms with E-state index in [9.17, 15) is 24.9 Å². The molecule has 3 aliphatic heterocycles. The van der Waals surface area contributed by atoms with E-state index in [1.165, 1.54) is 35.8 Å². The molecule has 69 heavy (non-hydrogen) atoms. The van der Waals surface area contributed by atoms with Gasteiger partial charge in [0.25, 0.3) is 5.91 Å². The highest BCUT2D eigenvalue weighted by atomic mass is 33.1. The minimum Gasteiger partial charge on any atom is -0.496 e. The molecule has 1 saturated heterocycles. The van der Waals surface area contributed by atoms with E-state index in [-0.39, 0.29) is 26.0 Å². The fourth-order valence-electron chi connectivity index (χ4n) is 12.4. The highest BCUT2D eigenvalue weighted by Gasteiger charge is 2.79. The number of rotatable bonds is 18. The molecule has 1 saturated carbocycles. The average Bonchev–Trinajstić information content (AvgIpc) is 4.01. The van der Waals surface area contributed by atoms with Crippen molar-refractivity contribution in [1.29, 1.82) is 0 Å². The van der Waals surface area contributed by atoms with Crippen LogP contribution in [0.25, 0.3) is 10.9 Å². The first-order valence-electron chi connectivity index (χ1n) is 23.5. The number of amides is 2. The maximum Gasteiger partial charge on any atom is 0.426 e. The molecule has 2 amide bonds. The largest absolute Gasteiger partial charge is 0.496 e. The van der Waals surface area contributed by atoms with Gasteiger partial charge in [-0.05, 0) is 105 Å². The molecule has 1 unspecified atom stereocenters. The summed E-state index contributed by atoms with van der Waals surface area (Å²) in [7, 11) is 7.56. The van der Waals surface area contributed by atoms with Gasteiger partial charge >= 0.3 is 12.1 Å². The van der Waals surface area contributed by atoms with Gasteiger partial charge in [0.1, 0.15) is 28.9 Å². The lowest BCUT2D eigenvalue weighted by Crippen LogP contribution is -2.82. The Morgan fingerprint density at radius 1 is 1.10 bits per heavy atom. The van der Waals surface area contributed by atoms with Crippen LogP contribution in [0.2, 0.25) is 0 Å². The Bertz CT molecular complexity index is 2580. The Labute approximate surface area is 416 Å². The van der Waals surface area contributed by atoms with E-state index < -0.39 is 68.9 Å². The highest BCUT2D eigenvalue weighted by Crippen LogP contribution is 2.67. The standard InChI is InChI=1S/C50H65N7O9S3/c1-7-46(3,62)28-30(67)29-49(44(60)65-6,39-32(17-20-51)31-14-9-10-15-35(31)53-39)34-26-33-36(27-37(34)64-5)56(4)41-48(33)19-23-57-22-13-18-47(8-2,40(48)57)42(58)50(41,63)43(59)54-55-45(61)66-24-25-68-69-38-16-11-12-21-52-38/h9-16,18,21,26-27,30,40-42,53,58,62-63,67H,7-8,17,19-20,22-25,28-29,51H2,1-6H3,(H,54,59)(H,55,61)/t30-,40+,41-,42-,46+,47-,48-,49?,50+/m1/s1. The smallest absolute Gasteiger partial charge is 0.426 e. The zero-order chi connectivity index (χ0) is 49.5. The van der Waals surface area contributed by atoms with Crippen LogP contribution in [0.15, 0.2) is 78.0 Å². The van der Waals surface area contributed by atoms with Crippen LogP contribution < -0.4 is 26.2 Å². The van der Waals surface area contributed by atoms with Crippen LogP contribution in [0.4, 0.5) is 10.5 Å². The normalized spacial score (nSPS) is 26.8. The lowest BCUT2D eigenvalue weighted by Gasteiger charge is -2.63. The summed E-state index contributed by atoms with van der Waals surface area (Å²) in [6, 6.07) is 15.7. The van der Waals surface area contributed by atoms with Crippen LogP contribution in [-0.2, 0) is 36.3 Å². The number of aromatic nitrogens is 2. The number of thiol groups is 1. The summed E-state index contributed by atoms with van der Waals surface area (Å²) < 4.78 is 17.6. The van der Waals surface area contributed by atoms with Crippen molar-refractivity contribution in [1.82, 2.24) is 25.7 Å². The van der Waals surface area contributed by atoms with Crippen LogP contribution in [0, 0.1) is 5.41 Å². The van der Waals surface area contributed by atoms with Gasteiger partial charge in [0.2, 0.25) is 0 Å². The molecule has 2 aromatic carbocycles. The molecule has 8 rings (SSSR count). The third-order valence-electron chi connectivity index (χ3n) is 15.4. The van der Waals surface area contributed by atoms with E-state index >= 15 is 4.79 Å². The molecular weight excluding hydrogens is 939 g/mol. The number of para-hydroxylation sites is 1. The molecule has 8 N–H and O–H groups in total. The number of fused-ring (bicyclic) bond motifs is 2. The van der Waals surface area contributed by atoms with E-state index in [1.807, 2.05) is 85.5 Å².